The van der Waals surface area contributed by atoms with Gasteiger partial charge in [0, 0.05) is 47.2 Å². The number of halogens is 1. The lowest BCUT2D eigenvalue weighted by molar-refractivity contribution is -0.116. The third-order valence-corrected chi connectivity index (χ3v) is 5.09. The summed E-state index contributed by atoms with van der Waals surface area (Å²) in [5.74, 6) is -0.221. The lowest BCUT2D eigenvalue weighted by Gasteiger charge is -2.02. The second-order valence-electron chi connectivity index (χ2n) is 7.05. The number of para-hydroxylation sites is 1. The number of hydrogen-bond donors (Lipinski definition) is 1. The van der Waals surface area contributed by atoms with Crippen molar-refractivity contribution < 1.29 is 9.18 Å². The molecule has 1 aliphatic carbocycles. The van der Waals surface area contributed by atoms with Crippen molar-refractivity contribution >= 4 is 22.9 Å². The second kappa shape index (κ2) is 7.69. The quantitative estimate of drug-likeness (QED) is 0.652. The van der Waals surface area contributed by atoms with Gasteiger partial charge in [0.15, 0.2) is 0 Å². The van der Waals surface area contributed by atoms with Crippen LogP contribution >= 0.6 is 0 Å². The number of nitrogens with one attached hydrogen (secondary N) is 1. The second-order valence-corrected chi connectivity index (χ2v) is 7.05. The first-order valence-corrected chi connectivity index (χ1v) is 9.34. The van der Waals surface area contributed by atoms with E-state index in [1.807, 2.05) is 41.1 Å². The minimum atomic E-state index is -0.248. The molecule has 0 aliphatic heterocycles. The topological polar surface area (TPSA) is 57.8 Å². The van der Waals surface area contributed by atoms with Gasteiger partial charge >= 0.3 is 0 Å². The largest absolute Gasteiger partial charge is 0.349 e. The number of rotatable bonds is 6. The summed E-state index contributed by atoms with van der Waals surface area (Å²) in [6.45, 7) is 0.619. The molecule has 2 atom stereocenters. The van der Waals surface area contributed by atoms with Crippen LogP contribution in [0.5, 0.6) is 0 Å². The maximum Gasteiger partial charge on any atom is 0.244 e. The predicted octanol–water partition coefficient (Wildman–Crippen LogP) is 4.38. The van der Waals surface area contributed by atoms with E-state index in [0.717, 1.165) is 28.5 Å². The smallest absolute Gasteiger partial charge is 0.244 e. The molecular weight excluding hydrogens is 353 g/mol. The molecule has 0 spiro atoms. The molecule has 1 saturated carbocycles. The van der Waals surface area contributed by atoms with Crippen LogP contribution in [-0.2, 0) is 11.3 Å². The molecule has 1 aromatic heterocycles. The summed E-state index contributed by atoms with van der Waals surface area (Å²) in [4.78, 5) is 12.3. The lowest BCUT2D eigenvalue weighted by Crippen LogP contribution is -2.24. The molecule has 4 nitrogen and oxygen atoms in total. The molecular formula is C23H20FN3O. The Kier molecular flexibility index (Phi) is 4.94. The Morgan fingerprint density at radius 1 is 1.29 bits per heavy atom. The minimum Gasteiger partial charge on any atom is -0.349 e. The summed E-state index contributed by atoms with van der Waals surface area (Å²) >= 11 is 0. The first-order valence-electron chi connectivity index (χ1n) is 9.34. The zero-order valence-electron chi connectivity index (χ0n) is 15.3. The molecule has 1 heterocycles. The van der Waals surface area contributed by atoms with Gasteiger partial charge in [-0.3, -0.25) is 4.79 Å². The lowest BCUT2D eigenvalue weighted by atomic mass is 10.1. The number of hydrogen-bond acceptors (Lipinski definition) is 2. The van der Waals surface area contributed by atoms with Crippen LogP contribution in [0.2, 0.25) is 0 Å². The Morgan fingerprint density at radius 3 is 2.96 bits per heavy atom. The van der Waals surface area contributed by atoms with Crippen LogP contribution in [0.25, 0.3) is 17.0 Å². The zero-order valence-corrected chi connectivity index (χ0v) is 15.3. The number of amides is 1. The fourth-order valence-electron chi connectivity index (χ4n) is 3.62. The number of carbonyl (C=O) groups excluding carboxylic acids is 1. The first-order chi connectivity index (χ1) is 13.7. The van der Waals surface area contributed by atoms with Crippen LogP contribution in [0, 0.1) is 17.1 Å². The Bertz CT molecular complexity index is 1090. The Morgan fingerprint density at radius 2 is 2.14 bits per heavy atom. The van der Waals surface area contributed by atoms with Crippen molar-refractivity contribution in [2.45, 2.75) is 31.3 Å². The van der Waals surface area contributed by atoms with E-state index < -0.39 is 0 Å². The molecule has 0 radical (unpaired) electrons. The number of aryl methyl sites for hydroxylation is 1. The SMILES string of the molecule is N#CCCn1cc(/C=C/C(=O)NC2CC2c2cccc(F)c2)c2ccccc21. The molecule has 2 unspecified atom stereocenters. The number of aromatic nitrogens is 1. The van der Waals surface area contributed by atoms with Crippen molar-refractivity contribution in [3.63, 3.8) is 0 Å². The molecule has 1 aliphatic rings. The van der Waals surface area contributed by atoms with E-state index in [-0.39, 0.29) is 23.7 Å². The van der Waals surface area contributed by atoms with E-state index in [9.17, 15) is 9.18 Å². The van der Waals surface area contributed by atoms with Gasteiger partial charge in [0.05, 0.1) is 12.5 Å². The van der Waals surface area contributed by atoms with Gasteiger partial charge < -0.3 is 9.88 Å². The van der Waals surface area contributed by atoms with Crippen LogP contribution in [-0.4, -0.2) is 16.5 Å². The highest BCUT2D eigenvalue weighted by molar-refractivity contribution is 5.96. The van der Waals surface area contributed by atoms with Gasteiger partial charge in [-0.05, 0) is 36.3 Å². The number of fused-ring (bicyclic) bond motifs is 1. The van der Waals surface area contributed by atoms with Crippen LogP contribution < -0.4 is 5.32 Å². The first kappa shape index (κ1) is 18.0. The Hall–Kier alpha value is -3.39. The maximum absolute atomic E-state index is 13.3. The van der Waals surface area contributed by atoms with E-state index >= 15 is 0 Å². The highest BCUT2D eigenvalue weighted by atomic mass is 19.1. The zero-order chi connectivity index (χ0) is 19.5. The molecule has 1 fully saturated rings. The van der Waals surface area contributed by atoms with E-state index in [4.69, 9.17) is 5.26 Å². The van der Waals surface area contributed by atoms with E-state index in [0.29, 0.717) is 13.0 Å². The van der Waals surface area contributed by atoms with Gasteiger partial charge in [0.25, 0.3) is 0 Å². The minimum absolute atomic E-state index is 0.0518. The van der Waals surface area contributed by atoms with Gasteiger partial charge in [-0.15, -0.1) is 0 Å². The van der Waals surface area contributed by atoms with Crippen LogP contribution in [0.4, 0.5) is 4.39 Å². The van der Waals surface area contributed by atoms with E-state index in [1.165, 1.54) is 18.2 Å². The fourth-order valence-corrected chi connectivity index (χ4v) is 3.62. The highest BCUT2D eigenvalue weighted by Gasteiger charge is 2.39. The van der Waals surface area contributed by atoms with Crippen molar-refractivity contribution in [1.82, 2.24) is 9.88 Å². The van der Waals surface area contributed by atoms with Crippen molar-refractivity contribution in [3.8, 4) is 6.07 Å². The molecule has 28 heavy (non-hydrogen) atoms. The molecule has 2 aromatic carbocycles. The van der Waals surface area contributed by atoms with Gasteiger partial charge in [-0.1, -0.05) is 30.3 Å². The fraction of sp³-hybridized carbons (Fsp3) is 0.217. The monoisotopic (exact) mass is 373 g/mol. The molecule has 140 valence electrons. The predicted molar refractivity (Wildman–Crippen MR) is 107 cm³/mol. The number of carbonyl (C=O) groups is 1. The van der Waals surface area contributed by atoms with Gasteiger partial charge in [0.2, 0.25) is 5.91 Å². The molecule has 3 aromatic rings. The number of benzene rings is 2. The van der Waals surface area contributed by atoms with Crippen LogP contribution in [0.15, 0.2) is 60.8 Å². The standard InChI is InChI=1S/C23H20FN3O/c24-18-6-3-5-16(13-18)20-14-21(20)26-23(28)10-9-17-15-27(12-4-11-25)22-8-2-1-7-19(17)22/h1-3,5-10,13,15,20-21H,4,12,14H2,(H,26,28)/b10-9+. The van der Waals surface area contributed by atoms with Gasteiger partial charge in [0.1, 0.15) is 5.82 Å². The average molecular weight is 373 g/mol. The third kappa shape index (κ3) is 3.81. The molecule has 1 amide bonds. The van der Waals surface area contributed by atoms with Crippen LogP contribution in [0.1, 0.15) is 29.9 Å². The summed E-state index contributed by atoms with van der Waals surface area (Å²) < 4.78 is 15.4. The van der Waals surface area contributed by atoms with Crippen molar-refractivity contribution in [2.24, 2.45) is 0 Å². The van der Waals surface area contributed by atoms with Crippen molar-refractivity contribution in [1.29, 1.82) is 5.26 Å². The maximum atomic E-state index is 13.3. The summed E-state index contributed by atoms with van der Waals surface area (Å²) in [6.07, 6.45) is 6.58. The van der Waals surface area contributed by atoms with E-state index in [2.05, 4.69) is 11.4 Å². The van der Waals surface area contributed by atoms with Crippen molar-refractivity contribution in [3.05, 3.63) is 77.7 Å². The Balaban J connectivity index is 1.43. The van der Waals surface area contributed by atoms with Crippen molar-refractivity contribution in [2.75, 3.05) is 0 Å². The normalized spacial score (nSPS) is 18.3. The average Bonchev–Trinajstić information content (AvgIpc) is 3.37. The van der Waals surface area contributed by atoms with Gasteiger partial charge in [-0.2, -0.15) is 5.26 Å². The van der Waals surface area contributed by atoms with Crippen LogP contribution in [0.3, 0.4) is 0 Å². The molecule has 1 N–H and O–H groups in total. The molecule has 0 bridgehead atoms. The Labute approximate surface area is 162 Å². The summed E-state index contributed by atoms with van der Waals surface area (Å²) in [6, 6.07) is 16.7. The summed E-state index contributed by atoms with van der Waals surface area (Å²) in [5, 5.41) is 12.9. The molecule has 5 heteroatoms. The number of nitriles is 1. The third-order valence-electron chi connectivity index (χ3n) is 5.09. The molecule has 4 rings (SSSR count). The van der Waals surface area contributed by atoms with Gasteiger partial charge in [-0.25, -0.2) is 4.39 Å². The highest BCUT2D eigenvalue weighted by Crippen LogP contribution is 2.40. The molecule has 0 saturated heterocycles. The number of nitrogens with zero attached hydrogens (tertiary/aromatic N) is 2. The summed E-state index contributed by atoms with van der Waals surface area (Å²) in [5.41, 5.74) is 2.92. The van der Waals surface area contributed by atoms with E-state index in [1.54, 1.807) is 12.1 Å². The summed E-state index contributed by atoms with van der Waals surface area (Å²) in [7, 11) is 0.